The van der Waals surface area contributed by atoms with Gasteiger partial charge in [0.1, 0.15) is 11.4 Å². The van der Waals surface area contributed by atoms with Crippen LogP contribution in [0.3, 0.4) is 0 Å². The fraction of sp³-hybridized carbons (Fsp3) is 0.455. The summed E-state index contributed by atoms with van der Waals surface area (Å²) in [6.45, 7) is 11.4. The van der Waals surface area contributed by atoms with Gasteiger partial charge in [0.05, 0.1) is 13.3 Å². The number of fused-ring (bicyclic) bond motifs is 1. The topological polar surface area (TPSA) is 39.2 Å². The van der Waals surface area contributed by atoms with Gasteiger partial charge >= 0.3 is 0 Å². The van der Waals surface area contributed by atoms with Crippen LogP contribution >= 0.6 is 0 Å². The summed E-state index contributed by atoms with van der Waals surface area (Å²) < 4.78 is 5.32. The monoisotopic (exact) mass is 337 g/mol. The van der Waals surface area contributed by atoms with Crippen molar-refractivity contribution in [2.75, 3.05) is 7.11 Å². The Morgan fingerprint density at radius 1 is 1.00 bits per heavy atom. The molecule has 1 aromatic heterocycles. The minimum Gasteiger partial charge on any atom is -0.495 e. The summed E-state index contributed by atoms with van der Waals surface area (Å²) in [4.78, 5) is 15.8. The molecular formula is C22H27NO2. The molecule has 0 saturated carbocycles. The number of aromatic nitrogens is 1. The van der Waals surface area contributed by atoms with E-state index in [4.69, 9.17) is 4.74 Å². The number of hydrogen-bond acceptors (Lipinski definition) is 3. The van der Waals surface area contributed by atoms with Gasteiger partial charge in [0.25, 0.3) is 0 Å². The summed E-state index contributed by atoms with van der Waals surface area (Å²) >= 11 is 0. The maximum absolute atomic E-state index is 11.5. The molecule has 3 heteroatoms. The first-order chi connectivity index (χ1) is 11.7. The molecule has 132 valence electrons. The van der Waals surface area contributed by atoms with Crippen molar-refractivity contribution in [2.45, 2.75) is 58.3 Å². The normalized spacial score (nSPS) is 17.7. The van der Waals surface area contributed by atoms with E-state index in [0.29, 0.717) is 11.4 Å². The highest BCUT2D eigenvalue weighted by Crippen LogP contribution is 2.47. The maximum Gasteiger partial charge on any atom is 0.169 e. The Bertz CT molecular complexity index is 834. The van der Waals surface area contributed by atoms with E-state index in [-0.39, 0.29) is 10.8 Å². The van der Waals surface area contributed by atoms with Crippen LogP contribution in [0.15, 0.2) is 24.4 Å². The zero-order valence-corrected chi connectivity index (χ0v) is 16.1. The Balaban J connectivity index is 2.28. The largest absolute Gasteiger partial charge is 0.495 e. The first-order valence-corrected chi connectivity index (χ1v) is 8.85. The number of nitrogens with zero attached hydrogens (tertiary/aromatic N) is 1. The highest BCUT2D eigenvalue weighted by atomic mass is 16.5. The predicted octanol–water partition coefficient (Wildman–Crippen LogP) is 5.23. The molecule has 0 radical (unpaired) electrons. The van der Waals surface area contributed by atoms with Gasteiger partial charge in [0, 0.05) is 5.56 Å². The minimum atomic E-state index is 0.126. The number of carbonyl (C=O) groups is 1. The predicted molar refractivity (Wildman–Crippen MR) is 102 cm³/mol. The van der Waals surface area contributed by atoms with Crippen molar-refractivity contribution in [1.82, 2.24) is 4.98 Å². The quantitative estimate of drug-likeness (QED) is 0.720. The molecule has 0 unspecified atom stereocenters. The number of aldehydes is 1. The summed E-state index contributed by atoms with van der Waals surface area (Å²) in [5.41, 5.74) is 6.64. The van der Waals surface area contributed by atoms with Crippen LogP contribution in [0.1, 0.15) is 67.7 Å². The van der Waals surface area contributed by atoms with Crippen LogP contribution in [-0.2, 0) is 10.8 Å². The second-order valence-electron chi connectivity index (χ2n) is 8.41. The molecule has 1 aromatic carbocycles. The third-order valence-electron chi connectivity index (χ3n) is 5.73. The van der Waals surface area contributed by atoms with E-state index in [9.17, 15) is 4.79 Å². The van der Waals surface area contributed by atoms with E-state index >= 15 is 0 Å². The number of aryl methyl sites for hydroxylation is 1. The summed E-state index contributed by atoms with van der Waals surface area (Å²) in [6.07, 6.45) is 4.76. The van der Waals surface area contributed by atoms with E-state index in [1.165, 1.54) is 23.1 Å². The molecule has 1 aliphatic rings. The first kappa shape index (κ1) is 17.7. The zero-order valence-electron chi connectivity index (χ0n) is 16.1. The molecule has 0 aliphatic heterocycles. The molecule has 0 atom stereocenters. The van der Waals surface area contributed by atoms with Crippen molar-refractivity contribution in [3.8, 4) is 16.9 Å². The molecule has 3 nitrogen and oxygen atoms in total. The van der Waals surface area contributed by atoms with E-state index in [1.807, 2.05) is 6.07 Å². The standard InChI is InChI=1S/C22H27NO2/c1-14-9-18-19(22(4,5)8-7-21(18,2)3)11-16(14)17-10-15(25-6)12-23-20(17)13-24/h9-13H,7-8H2,1-6H3. The number of rotatable bonds is 3. The van der Waals surface area contributed by atoms with Gasteiger partial charge in [-0.25, -0.2) is 4.98 Å². The number of hydrogen-bond donors (Lipinski definition) is 0. The number of pyridine rings is 1. The molecular weight excluding hydrogens is 310 g/mol. The molecule has 0 fully saturated rings. The molecule has 0 bridgehead atoms. The van der Waals surface area contributed by atoms with Gasteiger partial charge in [-0.1, -0.05) is 33.8 Å². The summed E-state index contributed by atoms with van der Waals surface area (Å²) in [5, 5.41) is 0. The van der Waals surface area contributed by atoms with Gasteiger partial charge in [-0.3, -0.25) is 4.79 Å². The third kappa shape index (κ3) is 2.97. The molecule has 0 spiro atoms. The van der Waals surface area contributed by atoms with Crippen LogP contribution in [0.4, 0.5) is 0 Å². The Hall–Kier alpha value is -2.16. The Morgan fingerprint density at radius 2 is 1.60 bits per heavy atom. The van der Waals surface area contributed by atoms with Crippen molar-refractivity contribution >= 4 is 6.29 Å². The fourth-order valence-corrected chi connectivity index (χ4v) is 3.89. The van der Waals surface area contributed by atoms with Gasteiger partial charge in [-0.05, 0) is 65.0 Å². The van der Waals surface area contributed by atoms with Crippen LogP contribution in [0.2, 0.25) is 0 Å². The zero-order chi connectivity index (χ0) is 18.4. The number of ether oxygens (including phenoxy) is 1. The smallest absolute Gasteiger partial charge is 0.169 e. The van der Waals surface area contributed by atoms with Gasteiger partial charge in [0.2, 0.25) is 0 Å². The summed E-state index contributed by atoms with van der Waals surface area (Å²) in [5.74, 6) is 0.664. The molecule has 25 heavy (non-hydrogen) atoms. The second kappa shape index (κ2) is 5.98. The lowest BCUT2D eigenvalue weighted by Gasteiger charge is -2.42. The van der Waals surface area contributed by atoms with Gasteiger partial charge in [0.15, 0.2) is 6.29 Å². The summed E-state index contributed by atoms with van der Waals surface area (Å²) in [6, 6.07) is 6.49. The van der Waals surface area contributed by atoms with Crippen molar-refractivity contribution in [3.63, 3.8) is 0 Å². The molecule has 1 aliphatic carbocycles. The van der Waals surface area contributed by atoms with Gasteiger partial charge in [-0.15, -0.1) is 0 Å². The summed E-state index contributed by atoms with van der Waals surface area (Å²) in [7, 11) is 1.62. The Kier molecular flexibility index (Phi) is 4.22. The fourth-order valence-electron chi connectivity index (χ4n) is 3.89. The molecule has 2 aromatic rings. The first-order valence-electron chi connectivity index (χ1n) is 8.85. The van der Waals surface area contributed by atoms with Crippen LogP contribution in [0.5, 0.6) is 5.75 Å². The third-order valence-corrected chi connectivity index (χ3v) is 5.73. The molecule has 0 amide bonds. The molecule has 3 rings (SSSR count). The Morgan fingerprint density at radius 3 is 2.16 bits per heavy atom. The van der Waals surface area contributed by atoms with E-state index in [0.717, 1.165) is 23.8 Å². The maximum atomic E-state index is 11.5. The van der Waals surface area contributed by atoms with Crippen molar-refractivity contribution in [1.29, 1.82) is 0 Å². The molecule has 1 heterocycles. The average Bonchev–Trinajstić information content (AvgIpc) is 2.58. The number of methoxy groups -OCH3 is 1. The van der Waals surface area contributed by atoms with Crippen molar-refractivity contribution < 1.29 is 9.53 Å². The lowest BCUT2D eigenvalue weighted by Crippen LogP contribution is -2.34. The Labute approximate surface area is 150 Å². The van der Waals surface area contributed by atoms with Crippen LogP contribution in [0.25, 0.3) is 11.1 Å². The van der Waals surface area contributed by atoms with Crippen LogP contribution < -0.4 is 4.74 Å². The number of carbonyl (C=O) groups excluding carboxylic acids is 1. The van der Waals surface area contributed by atoms with Crippen molar-refractivity contribution in [2.24, 2.45) is 0 Å². The second-order valence-corrected chi connectivity index (χ2v) is 8.41. The lowest BCUT2D eigenvalue weighted by molar-refractivity contribution is 0.111. The lowest BCUT2D eigenvalue weighted by atomic mass is 9.62. The van der Waals surface area contributed by atoms with Crippen LogP contribution in [-0.4, -0.2) is 18.4 Å². The van der Waals surface area contributed by atoms with Gasteiger partial charge in [-0.2, -0.15) is 0 Å². The minimum absolute atomic E-state index is 0.126. The van der Waals surface area contributed by atoms with E-state index < -0.39 is 0 Å². The highest BCUT2D eigenvalue weighted by Gasteiger charge is 2.37. The number of benzene rings is 1. The average molecular weight is 337 g/mol. The molecule has 0 N–H and O–H groups in total. The molecule has 0 saturated heterocycles. The van der Waals surface area contributed by atoms with Crippen LogP contribution in [0, 0.1) is 6.92 Å². The van der Waals surface area contributed by atoms with E-state index in [2.05, 4.69) is 51.7 Å². The SMILES string of the molecule is COc1cnc(C=O)c(-c2cc3c(cc2C)C(C)(C)CCC3(C)C)c1. The van der Waals surface area contributed by atoms with Gasteiger partial charge < -0.3 is 4.74 Å². The van der Waals surface area contributed by atoms with E-state index in [1.54, 1.807) is 13.3 Å². The van der Waals surface area contributed by atoms with Crippen molar-refractivity contribution in [3.05, 3.63) is 46.8 Å². The highest BCUT2D eigenvalue weighted by molar-refractivity contribution is 5.87.